The fourth-order valence-electron chi connectivity index (χ4n) is 2.18. The second-order valence-electron chi connectivity index (χ2n) is 4.82. The smallest absolute Gasteiger partial charge is 0.145 e. The molecule has 0 spiro atoms. The Kier molecular flexibility index (Phi) is 3.71. The molecular formula is C17H16N2O2. The number of fused-ring (bicyclic) bond motifs is 1. The van der Waals surface area contributed by atoms with Gasteiger partial charge in [-0.05, 0) is 29.8 Å². The van der Waals surface area contributed by atoms with E-state index in [-0.39, 0.29) is 6.61 Å². The first kappa shape index (κ1) is 13.4. The van der Waals surface area contributed by atoms with Gasteiger partial charge in [0.25, 0.3) is 0 Å². The number of para-hydroxylation sites is 1. The number of aliphatic hydroxyl groups excluding tert-OH is 1. The highest BCUT2D eigenvalue weighted by molar-refractivity contribution is 5.84. The van der Waals surface area contributed by atoms with Gasteiger partial charge < -0.3 is 15.6 Å². The molecule has 0 fully saturated rings. The van der Waals surface area contributed by atoms with E-state index in [0.717, 1.165) is 16.5 Å². The van der Waals surface area contributed by atoms with Gasteiger partial charge in [-0.25, -0.2) is 0 Å². The summed E-state index contributed by atoms with van der Waals surface area (Å²) in [6, 6.07) is 16.7. The monoisotopic (exact) mass is 280 g/mol. The molecule has 1 heterocycles. The minimum absolute atomic E-state index is 0.166. The van der Waals surface area contributed by atoms with Crippen molar-refractivity contribution >= 4 is 16.6 Å². The third kappa shape index (κ3) is 2.95. The van der Waals surface area contributed by atoms with E-state index >= 15 is 0 Å². The molecule has 1 atom stereocenters. The van der Waals surface area contributed by atoms with Crippen molar-refractivity contribution < 1.29 is 9.84 Å². The van der Waals surface area contributed by atoms with Crippen molar-refractivity contribution in [3.05, 3.63) is 66.4 Å². The predicted octanol–water partition coefficient (Wildman–Crippen LogP) is 2.93. The molecule has 3 aromatic rings. The highest BCUT2D eigenvalue weighted by Crippen LogP contribution is 2.24. The van der Waals surface area contributed by atoms with Crippen molar-refractivity contribution in [2.75, 3.05) is 12.3 Å². The van der Waals surface area contributed by atoms with E-state index in [4.69, 9.17) is 10.5 Å². The molecule has 106 valence electrons. The van der Waals surface area contributed by atoms with Crippen molar-refractivity contribution in [3.63, 3.8) is 0 Å². The molecule has 4 nitrogen and oxygen atoms in total. The van der Waals surface area contributed by atoms with Crippen LogP contribution in [0.25, 0.3) is 10.9 Å². The number of ether oxygens (including phenoxy) is 1. The first-order valence-electron chi connectivity index (χ1n) is 6.74. The first-order chi connectivity index (χ1) is 10.2. The van der Waals surface area contributed by atoms with Crippen molar-refractivity contribution in [3.8, 4) is 5.75 Å². The minimum atomic E-state index is -0.704. The third-order valence-corrected chi connectivity index (χ3v) is 3.31. The van der Waals surface area contributed by atoms with Crippen LogP contribution in [0.1, 0.15) is 11.7 Å². The zero-order chi connectivity index (χ0) is 14.7. The summed E-state index contributed by atoms with van der Waals surface area (Å²) in [6.45, 7) is 0.166. The second kappa shape index (κ2) is 5.81. The summed E-state index contributed by atoms with van der Waals surface area (Å²) in [6.07, 6.45) is 1.02. The van der Waals surface area contributed by atoms with Crippen LogP contribution in [0, 0.1) is 0 Å². The number of rotatable bonds is 4. The summed E-state index contributed by atoms with van der Waals surface area (Å²) in [4.78, 5) is 4.32. The number of aromatic nitrogens is 1. The molecule has 0 aliphatic heterocycles. The van der Waals surface area contributed by atoms with Crippen LogP contribution in [0.5, 0.6) is 5.75 Å². The largest absolute Gasteiger partial charge is 0.488 e. The summed E-state index contributed by atoms with van der Waals surface area (Å²) < 4.78 is 5.72. The van der Waals surface area contributed by atoms with E-state index in [2.05, 4.69) is 4.98 Å². The highest BCUT2D eigenvalue weighted by atomic mass is 16.5. The first-order valence-corrected chi connectivity index (χ1v) is 6.74. The Morgan fingerprint density at radius 2 is 1.81 bits per heavy atom. The van der Waals surface area contributed by atoms with Gasteiger partial charge in [-0.2, -0.15) is 0 Å². The Bertz CT molecular complexity index is 736. The Balaban J connectivity index is 1.76. The van der Waals surface area contributed by atoms with E-state index in [1.54, 1.807) is 30.5 Å². The average molecular weight is 280 g/mol. The topological polar surface area (TPSA) is 68.4 Å². The molecule has 1 aromatic heterocycles. The maximum atomic E-state index is 10.2. The van der Waals surface area contributed by atoms with Crippen LogP contribution in [-0.2, 0) is 0 Å². The van der Waals surface area contributed by atoms with E-state index < -0.39 is 6.10 Å². The minimum Gasteiger partial charge on any atom is -0.488 e. The Labute approximate surface area is 122 Å². The molecule has 0 bridgehead atoms. The van der Waals surface area contributed by atoms with Gasteiger partial charge in [0.05, 0.1) is 0 Å². The van der Waals surface area contributed by atoms with Crippen LogP contribution in [-0.4, -0.2) is 16.7 Å². The van der Waals surface area contributed by atoms with Crippen molar-refractivity contribution in [1.29, 1.82) is 0 Å². The lowest BCUT2D eigenvalue weighted by atomic mass is 10.1. The lowest BCUT2D eigenvalue weighted by Crippen LogP contribution is -2.10. The molecule has 21 heavy (non-hydrogen) atoms. The molecule has 0 radical (unpaired) electrons. The summed E-state index contributed by atoms with van der Waals surface area (Å²) in [5.41, 5.74) is 7.88. The van der Waals surface area contributed by atoms with Crippen LogP contribution in [0.2, 0.25) is 0 Å². The standard InChI is InChI=1S/C17H16N2O2/c18-14-8-6-12(7-9-14)15(20)11-21-16-5-1-3-13-4-2-10-19-17(13)16/h1-10,15,20H,11,18H2. The van der Waals surface area contributed by atoms with Crippen LogP contribution < -0.4 is 10.5 Å². The van der Waals surface area contributed by atoms with Gasteiger partial charge in [0, 0.05) is 17.3 Å². The molecule has 0 aliphatic rings. The lowest BCUT2D eigenvalue weighted by molar-refractivity contribution is 0.109. The number of anilines is 1. The zero-order valence-corrected chi connectivity index (χ0v) is 11.4. The molecule has 4 heteroatoms. The van der Waals surface area contributed by atoms with E-state index in [1.165, 1.54) is 0 Å². The molecule has 3 rings (SSSR count). The number of hydrogen-bond donors (Lipinski definition) is 2. The normalized spacial score (nSPS) is 12.2. The van der Waals surface area contributed by atoms with Crippen LogP contribution in [0.3, 0.4) is 0 Å². The molecule has 2 aromatic carbocycles. The fourth-order valence-corrected chi connectivity index (χ4v) is 2.18. The van der Waals surface area contributed by atoms with Gasteiger partial charge >= 0.3 is 0 Å². The molecular weight excluding hydrogens is 264 g/mol. The van der Waals surface area contributed by atoms with E-state index in [0.29, 0.717) is 11.4 Å². The number of nitrogen functional groups attached to an aromatic ring is 1. The molecule has 0 aliphatic carbocycles. The van der Waals surface area contributed by atoms with Crippen molar-refractivity contribution in [2.45, 2.75) is 6.10 Å². The number of benzene rings is 2. The van der Waals surface area contributed by atoms with E-state index in [1.807, 2.05) is 30.3 Å². The van der Waals surface area contributed by atoms with Gasteiger partial charge in [-0.15, -0.1) is 0 Å². The van der Waals surface area contributed by atoms with Gasteiger partial charge in [-0.3, -0.25) is 4.98 Å². The van der Waals surface area contributed by atoms with Gasteiger partial charge in [0.2, 0.25) is 0 Å². The van der Waals surface area contributed by atoms with Crippen LogP contribution >= 0.6 is 0 Å². The summed E-state index contributed by atoms with van der Waals surface area (Å²) in [7, 11) is 0. The number of pyridine rings is 1. The Hall–Kier alpha value is -2.59. The van der Waals surface area contributed by atoms with Crippen LogP contribution in [0.4, 0.5) is 5.69 Å². The lowest BCUT2D eigenvalue weighted by Gasteiger charge is -2.14. The molecule has 1 unspecified atom stereocenters. The molecule has 3 N–H and O–H groups in total. The second-order valence-corrected chi connectivity index (χ2v) is 4.82. The van der Waals surface area contributed by atoms with Crippen molar-refractivity contribution in [1.82, 2.24) is 4.98 Å². The summed E-state index contributed by atoms with van der Waals surface area (Å²) >= 11 is 0. The van der Waals surface area contributed by atoms with Crippen molar-refractivity contribution in [2.24, 2.45) is 0 Å². The number of nitrogens with zero attached hydrogens (tertiary/aromatic N) is 1. The maximum Gasteiger partial charge on any atom is 0.145 e. The fraction of sp³-hybridized carbons (Fsp3) is 0.118. The number of hydrogen-bond acceptors (Lipinski definition) is 4. The number of aliphatic hydroxyl groups is 1. The Morgan fingerprint density at radius 1 is 1.05 bits per heavy atom. The molecule has 0 saturated carbocycles. The third-order valence-electron chi connectivity index (χ3n) is 3.31. The molecule has 0 amide bonds. The summed E-state index contributed by atoms with van der Waals surface area (Å²) in [5, 5.41) is 11.2. The quantitative estimate of drug-likeness (QED) is 0.721. The summed E-state index contributed by atoms with van der Waals surface area (Å²) in [5.74, 6) is 0.669. The Morgan fingerprint density at radius 3 is 2.62 bits per heavy atom. The maximum absolute atomic E-state index is 10.2. The van der Waals surface area contributed by atoms with E-state index in [9.17, 15) is 5.11 Å². The van der Waals surface area contributed by atoms with Crippen LogP contribution in [0.15, 0.2) is 60.8 Å². The predicted molar refractivity (Wildman–Crippen MR) is 83.1 cm³/mol. The molecule has 0 saturated heterocycles. The highest BCUT2D eigenvalue weighted by Gasteiger charge is 2.10. The zero-order valence-electron chi connectivity index (χ0n) is 11.4. The SMILES string of the molecule is Nc1ccc(C(O)COc2cccc3cccnc23)cc1. The average Bonchev–Trinajstić information content (AvgIpc) is 2.53. The number of nitrogens with two attached hydrogens (primary N) is 1. The van der Waals surface area contributed by atoms with Gasteiger partial charge in [0.1, 0.15) is 24.0 Å². The van der Waals surface area contributed by atoms with Gasteiger partial charge in [-0.1, -0.05) is 30.3 Å². The van der Waals surface area contributed by atoms with Gasteiger partial charge in [0.15, 0.2) is 0 Å².